The van der Waals surface area contributed by atoms with E-state index in [0.29, 0.717) is 6.42 Å². The van der Waals surface area contributed by atoms with Gasteiger partial charge in [0.05, 0.1) is 15.6 Å². The number of hydrogen-bond acceptors (Lipinski definition) is 4. The van der Waals surface area contributed by atoms with E-state index in [1.807, 2.05) is 51.1 Å². The number of aryl methyl sites for hydroxylation is 1. The van der Waals surface area contributed by atoms with Crippen LogP contribution < -0.4 is 9.62 Å². The topological polar surface area (TPSA) is 86.8 Å². The highest BCUT2D eigenvalue weighted by molar-refractivity contribution is 7.92. The second kappa shape index (κ2) is 14.0. The predicted octanol–water partition coefficient (Wildman–Crippen LogP) is 5.87. The van der Waals surface area contributed by atoms with Crippen LogP contribution in [0.5, 0.6) is 0 Å². The fraction of sp³-hybridized carbons (Fsp3) is 0.333. The summed E-state index contributed by atoms with van der Waals surface area (Å²) >= 11 is 12.7. The van der Waals surface area contributed by atoms with Gasteiger partial charge in [0, 0.05) is 17.6 Å². The number of anilines is 1. The molecule has 7 nitrogen and oxygen atoms in total. The molecule has 3 aromatic rings. The van der Waals surface area contributed by atoms with E-state index < -0.39 is 28.5 Å². The van der Waals surface area contributed by atoms with Gasteiger partial charge in [0.15, 0.2) is 0 Å². The number of halogens is 2. The second-order valence-corrected chi connectivity index (χ2v) is 12.4. The van der Waals surface area contributed by atoms with Crippen molar-refractivity contribution in [3.63, 3.8) is 0 Å². The van der Waals surface area contributed by atoms with Crippen molar-refractivity contribution in [2.45, 2.75) is 57.5 Å². The Morgan fingerprint density at radius 3 is 2.23 bits per heavy atom. The van der Waals surface area contributed by atoms with Crippen LogP contribution in [0.4, 0.5) is 5.69 Å². The van der Waals surface area contributed by atoms with E-state index in [-0.39, 0.29) is 39.1 Å². The summed E-state index contributed by atoms with van der Waals surface area (Å²) in [6, 6.07) is 19.4. The lowest BCUT2D eigenvalue weighted by atomic mass is 10.1. The molecule has 0 aliphatic carbocycles. The van der Waals surface area contributed by atoms with Crippen molar-refractivity contribution in [2.24, 2.45) is 0 Å². The van der Waals surface area contributed by atoms with Gasteiger partial charge in [0.2, 0.25) is 11.8 Å². The van der Waals surface area contributed by atoms with Gasteiger partial charge in [0.25, 0.3) is 10.0 Å². The summed E-state index contributed by atoms with van der Waals surface area (Å²) in [7, 11) is -4.23. The minimum atomic E-state index is -4.23. The predicted molar refractivity (Wildman–Crippen MR) is 161 cm³/mol. The van der Waals surface area contributed by atoms with Crippen molar-refractivity contribution in [3.05, 3.63) is 94.0 Å². The lowest BCUT2D eigenvalue weighted by Crippen LogP contribution is -2.53. The molecule has 0 fully saturated rings. The van der Waals surface area contributed by atoms with Gasteiger partial charge in [-0.05, 0) is 69.5 Å². The molecule has 10 heteroatoms. The van der Waals surface area contributed by atoms with Crippen molar-refractivity contribution in [1.29, 1.82) is 0 Å². The maximum Gasteiger partial charge on any atom is 0.264 e. The third-order valence-electron chi connectivity index (χ3n) is 6.72. The van der Waals surface area contributed by atoms with Gasteiger partial charge in [-0.15, -0.1) is 0 Å². The number of nitrogens with zero attached hydrogens (tertiary/aromatic N) is 2. The van der Waals surface area contributed by atoms with Crippen molar-refractivity contribution in [1.82, 2.24) is 10.2 Å². The van der Waals surface area contributed by atoms with Crippen LogP contribution in [-0.2, 0) is 26.0 Å². The molecule has 0 aliphatic rings. The third kappa shape index (κ3) is 7.99. The fourth-order valence-corrected chi connectivity index (χ4v) is 5.92. The van der Waals surface area contributed by atoms with Gasteiger partial charge in [-0.2, -0.15) is 0 Å². The van der Waals surface area contributed by atoms with E-state index >= 15 is 0 Å². The van der Waals surface area contributed by atoms with E-state index in [2.05, 4.69) is 5.32 Å². The van der Waals surface area contributed by atoms with E-state index in [1.54, 1.807) is 25.1 Å². The molecule has 0 radical (unpaired) electrons. The largest absolute Gasteiger partial charge is 0.352 e. The average Bonchev–Trinajstić information content (AvgIpc) is 2.93. The Hall–Kier alpha value is -3.07. The highest BCUT2D eigenvalue weighted by Gasteiger charge is 2.33. The minimum absolute atomic E-state index is 0.000315. The van der Waals surface area contributed by atoms with Crippen LogP contribution in [0.2, 0.25) is 10.0 Å². The molecular formula is C30H35Cl2N3O4S. The highest BCUT2D eigenvalue weighted by atomic mass is 35.5. The van der Waals surface area contributed by atoms with E-state index in [4.69, 9.17) is 23.2 Å². The zero-order valence-electron chi connectivity index (χ0n) is 23.1. The Kier molecular flexibility index (Phi) is 11.0. The molecule has 3 aromatic carbocycles. The number of hydrogen-bond donors (Lipinski definition) is 1. The number of rotatable bonds is 12. The van der Waals surface area contributed by atoms with E-state index in [9.17, 15) is 18.0 Å². The zero-order chi connectivity index (χ0) is 29.4. The van der Waals surface area contributed by atoms with Crippen LogP contribution in [0.15, 0.2) is 77.7 Å². The first kappa shape index (κ1) is 31.5. The fourth-order valence-electron chi connectivity index (χ4n) is 4.06. The van der Waals surface area contributed by atoms with Crippen LogP contribution in [0, 0.1) is 6.92 Å². The van der Waals surface area contributed by atoms with Crippen LogP contribution in [0.1, 0.15) is 38.3 Å². The standard InChI is InChI=1S/C30H35Cl2N3O4S/c1-5-22(3)33-30(37)23(4)34(18-17-24-9-7-6-8-10-24)29(36)20-35(28-19-25(31)13-16-27(28)32)40(38,39)26-14-11-21(2)12-15-26/h6-16,19,22-23H,5,17-18,20H2,1-4H3,(H,33,37)/t22-,23+/m1/s1. The summed E-state index contributed by atoms with van der Waals surface area (Å²) in [5.74, 6) is -0.862. The first-order chi connectivity index (χ1) is 18.9. The molecule has 2 atom stereocenters. The van der Waals surface area contributed by atoms with E-state index in [1.165, 1.54) is 29.2 Å². The smallest absolute Gasteiger partial charge is 0.264 e. The lowest BCUT2D eigenvalue weighted by molar-refractivity contribution is -0.139. The van der Waals surface area contributed by atoms with Gasteiger partial charge in [0.1, 0.15) is 12.6 Å². The van der Waals surface area contributed by atoms with Gasteiger partial charge in [-0.3, -0.25) is 13.9 Å². The molecule has 0 aromatic heterocycles. The van der Waals surface area contributed by atoms with Gasteiger partial charge >= 0.3 is 0 Å². The SMILES string of the molecule is CC[C@@H](C)NC(=O)[C@H](C)N(CCc1ccccc1)C(=O)CN(c1cc(Cl)ccc1Cl)S(=O)(=O)c1ccc(C)cc1. The van der Waals surface area contributed by atoms with Gasteiger partial charge in [-0.1, -0.05) is 78.2 Å². The Morgan fingerprint density at radius 1 is 0.950 bits per heavy atom. The van der Waals surface area contributed by atoms with Crippen LogP contribution in [0.3, 0.4) is 0 Å². The monoisotopic (exact) mass is 603 g/mol. The van der Waals surface area contributed by atoms with E-state index in [0.717, 1.165) is 21.9 Å². The molecule has 0 saturated heterocycles. The summed E-state index contributed by atoms with van der Waals surface area (Å²) in [5, 5.41) is 3.30. The summed E-state index contributed by atoms with van der Waals surface area (Å²) < 4.78 is 28.8. The van der Waals surface area contributed by atoms with Crippen molar-refractivity contribution in [2.75, 3.05) is 17.4 Å². The number of nitrogens with one attached hydrogen (secondary N) is 1. The molecule has 40 heavy (non-hydrogen) atoms. The summed E-state index contributed by atoms with van der Waals surface area (Å²) in [4.78, 5) is 28.5. The number of carbonyl (C=O) groups excluding carboxylic acids is 2. The number of carbonyl (C=O) groups is 2. The molecule has 0 bridgehead atoms. The van der Waals surface area contributed by atoms with Crippen molar-refractivity contribution < 1.29 is 18.0 Å². The third-order valence-corrected chi connectivity index (χ3v) is 9.05. The Morgan fingerprint density at radius 2 is 1.60 bits per heavy atom. The van der Waals surface area contributed by atoms with Crippen molar-refractivity contribution >= 4 is 50.7 Å². The average molecular weight is 605 g/mol. The molecule has 0 aliphatic heterocycles. The zero-order valence-corrected chi connectivity index (χ0v) is 25.4. The maximum atomic E-state index is 13.9. The quantitative estimate of drug-likeness (QED) is 0.280. The van der Waals surface area contributed by atoms with Gasteiger partial charge < -0.3 is 10.2 Å². The number of benzene rings is 3. The lowest BCUT2D eigenvalue weighted by Gasteiger charge is -2.32. The minimum Gasteiger partial charge on any atom is -0.352 e. The molecule has 2 amide bonds. The first-order valence-corrected chi connectivity index (χ1v) is 15.3. The number of amides is 2. The Labute approximate surface area is 247 Å². The number of sulfonamides is 1. The molecule has 0 spiro atoms. The molecule has 0 unspecified atom stereocenters. The Balaban J connectivity index is 2.01. The molecule has 0 saturated carbocycles. The van der Waals surface area contributed by atoms with Crippen molar-refractivity contribution in [3.8, 4) is 0 Å². The summed E-state index contributed by atoms with van der Waals surface area (Å²) in [5.41, 5.74) is 1.94. The van der Waals surface area contributed by atoms with Crippen LogP contribution in [-0.4, -0.2) is 50.3 Å². The van der Waals surface area contributed by atoms with Crippen LogP contribution in [0.25, 0.3) is 0 Å². The first-order valence-electron chi connectivity index (χ1n) is 13.1. The maximum absolute atomic E-state index is 13.9. The molecular weight excluding hydrogens is 569 g/mol. The second-order valence-electron chi connectivity index (χ2n) is 9.74. The normalized spacial score (nSPS) is 12.8. The molecule has 3 rings (SSSR count). The summed E-state index contributed by atoms with van der Waals surface area (Å²) in [6.45, 7) is 6.97. The highest BCUT2D eigenvalue weighted by Crippen LogP contribution is 2.33. The Bertz CT molecular complexity index is 1420. The molecule has 1 N–H and O–H groups in total. The molecule has 0 heterocycles. The summed E-state index contributed by atoms with van der Waals surface area (Å²) in [6.07, 6.45) is 1.21. The van der Waals surface area contributed by atoms with Crippen LogP contribution >= 0.6 is 23.2 Å². The molecule has 214 valence electrons. The van der Waals surface area contributed by atoms with Gasteiger partial charge in [-0.25, -0.2) is 8.42 Å².